The van der Waals surface area contributed by atoms with Gasteiger partial charge < -0.3 is 0 Å². The highest BCUT2D eigenvalue weighted by Gasteiger charge is 2.18. The molecule has 141 valence electrons. The zero-order chi connectivity index (χ0) is 17.3. The second-order valence-electron chi connectivity index (χ2n) is 8.46. The van der Waals surface area contributed by atoms with Crippen LogP contribution in [0.4, 0.5) is 0 Å². The molecule has 0 N–H and O–H groups in total. The SMILES string of the molecule is CCCCCCCC([B]C1CCCCCCC1)CCCCCCC. The molecule has 0 aliphatic heterocycles. The second-order valence-corrected chi connectivity index (χ2v) is 8.46. The minimum atomic E-state index is 0.928. The maximum Gasteiger partial charge on any atom is 0.117 e. The highest BCUT2D eigenvalue weighted by Crippen LogP contribution is 2.33. The van der Waals surface area contributed by atoms with Crippen molar-refractivity contribution in [3.05, 3.63) is 0 Å². The van der Waals surface area contributed by atoms with Gasteiger partial charge in [0.25, 0.3) is 0 Å². The van der Waals surface area contributed by atoms with E-state index in [4.69, 9.17) is 0 Å². The van der Waals surface area contributed by atoms with Gasteiger partial charge in [0.2, 0.25) is 0 Å². The van der Waals surface area contributed by atoms with Gasteiger partial charge in [-0.25, -0.2) is 0 Å². The molecule has 1 radical (unpaired) electrons. The zero-order valence-electron chi connectivity index (χ0n) is 17.2. The topological polar surface area (TPSA) is 0 Å². The first-order valence-corrected chi connectivity index (χ1v) is 11.7. The molecule has 0 atom stereocenters. The fraction of sp³-hybridized carbons (Fsp3) is 1.00. The largest absolute Gasteiger partial charge is 0.117 e. The summed E-state index contributed by atoms with van der Waals surface area (Å²) < 4.78 is 0. The van der Waals surface area contributed by atoms with Gasteiger partial charge >= 0.3 is 0 Å². The molecule has 0 aromatic carbocycles. The van der Waals surface area contributed by atoms with E-state index in [2.05, 4.69) is 21.1 Å². The van der Waals surface area contributed by atoms with E-state index in [-0.39, 0.29) is 0 Å². The van der Waals surface area contributed by atoms with Crippen LogP contribution in [0, 0.1) is 0 Å². The van der Waals surface area contributed by atoms with Crippen molar-refractivity contribution in [1.29, 1.82) is 0 Å². The van der Waals surface area contributed by atoms with Gasteiger partial charge in [-0.1, -0.05) is 147 Å². The number of hydrogen-bond donors (Lipinski definition) is 0. The molecule has 0 amide bonds. The van der Waals surface area contributed by atoms with Crippen molar-refractivity contribution >= 4 is 7.28 Å². The molecule has 1 aliphatic rings. The van der Waals surface area contributed by atoms with E-state index >= 15 is 0 Å². The molecule has 1 saturated carbocycles. The van der Waals surface area contributed by atoms with Crippen LogP contribution in [0.1, 0.15) is 136 Å². The summed E-state index contributed by atoms with van der Waals surface area (Å²) in [5, 5.41) is 0. The lowest BCUT2D eigenvalue weighted by atomic mass is 9.50. The van der Waals surface area contributed by atoms with Crippen LogP contribution in [-0.4, -0.2) is 7.28 Å². The van der Waals surface area contributed by atoms with Crippen molar-refractivity contribution in [2.24, 2.45) is 0 Å². The minimum Gasteiger partial charge on any atom is -0.0686 e. The lowest BCUT2D eigenvalue weighted by Gasteiger charge is -2.24. The maximum atomic E-state index is 2.84. The summed E-state index contributed by atoms with van der Waals surface area (Å²) in [6.07, 6.45) is 27.8. The highest BCUT2D eigenvalue weighted by molar-refractivity contribution is 6.39. The second kappa shape index (κ2) is 16.5. The van der Waals surface area contributed by atoms with E-state index in [9.17, 15) is 0 Å². The summed E-state index contributed by atoms with van der Waals surface area (Å²) in [5.41, 5.74) is 0. The molecule has 0 saturated heterocycles. The van der Waals surface area contributed by atoms with Crippen LogP contribution in [0.2, 0.25) is 11.6 Å². The Kier molecular flexibility index (Phi) is 15.2. The molecular weight excluding hydrogens is 287 g/mol. The van der Waals surface area contributed by atoms with Crippen molar-refractivity contribution in [2.45, 2.75) is 147 Å². The Hall–Kier alpha value is 0.0649. The minimum absolute atomic E-state index is 0.928. The monoisotopic (exact) mass is 333 g/mol. The third-order valence-electron chi connectivity index (χ3n) is 6.05. The summed E-state index contributed by atoms with van der Waals surface area (Å²) in [6.45, 7) is 4.64. The van der Waals surface area contributed by atoms with Gasteiger partial charge in [-0.05, 0) is 0 Å². The molecule has 0 aromatic rings. The van der Waals surface area contributed by atoms with Gasteiger partial charge in [0.15, 0.2) is 0 Å². The smallest absolute Gasteiger partial charge is 0.0686 e. The van der Waals surface area contributed by atoms with Gasteiger partial charge in [0.1, 0.15) is 7.28 Å². The Bertz CT molecular complexity index is 228. The Balaban J connectivity index is 2.28. The van der Waals surface area contributed by atoms with Crippen LogP contribution >= 0.6 is 0 Å². The first-order chi connectivity index (χ1) is 11.9. The van der Waals surface area contributed by atoms with Gasteiger partial charge in [0.05, 0.1) is 0 Å². The highest BCUT2D eigenvalue weighted by atomic mass is 14.1. The summed E-state index contributed by atoms with van der Waals surface area (Å²) in [4.78, 5) is 0. The fourth-order valence-electron chi connectivity index (χ4n) is 4.42. The van der Waals surface area contributed by atoms with Crippen molar-refractivity contribution < 1.29 is 0 Å². The Morgan fingerprint density at radius 1 is 0.625 bits per heavy atom. The van der Waals surface area contributed by atoms with Gasteiger partial charge in [-0.2, -0.15) is 0 Å². The molecule has 1 aliphatic carbocycles. The summed E-state index contributed by atoms with van der Waals surface area (Å²) in [7, 11) is 2.84. The molecular formula is C23H46B. The fourth-order valence-corrected chi connectivity index (χ4v) is 4.42. The number of unbranched alkanes of at least 4 members (excludes halogenated alkanes) is 8. The Morgan fingerprint density at radius 3 is 1.58 bits per heavy atom. The van der Waals surface area contributed by atoms with Gasteiger partial charge in [0, 0.05) is 0 Å². The number of rotatable bonds is 14. The molecule has 0 nitrogen and oxygen atoms in total. The van der Waals surface area contributed by atoms with E-state index in [0.717, 1.165) is 11.6 Å². The molecule has 0 unspecified atom stereocenters. The Labute approximate surface area is 155 Å². The maximum absolute atomic E-state index is 2.84. The van der Waals surface area contributed by atoms with E-state index in [1.807, 2.05) is 0 Å². The molecule has 1 rings (SSSR count). The predicted octanol–water partition coefficient (Wildman–Crippen LogP) is 8.73. The third kappa shape index (κ3) is 12.4. The predicted molar refractivity (Wildman–Crippen MR) is 112 cm³/mol. The van der Waals surface area contributed by atoms with E-state index in [1.165, 1.54) is 122 Å². The quantitative estimate of drug-likeness (QED) is 0.220. The van der Waals surface area contributed by atoms with Crippen molar-refractivity contribution in [3.63, 3.8) is 0 Å². The molecule has 0 aromatic heterocycles. The van der Waals surface area contributed by atoms with Gasteiger partial charge in [-0.15, -0.1) is 0 Å². The van der Waals surface area contributed by atoms with Crippen LogP contribution in [0.25, 0.3) is 0 Å². The molecule has 0 spiro atoms. The van der Waals surface area contributed by atoms with Crippen molar-refractivity contribution in [1.82, 2.24) is 0 Å². The summed E-state index contributed by atoms with van der Waals surface area (Å²) in [5.74, 6) is 1.87. The lowest BCUT2D eigenvalue weighted by Crippen LogP contribution is -2.13. The first-order valence-electron chi connectivity index (χ1n) is 11.7. The average Bonchev–Trinajstić information content (AvgIpc) is 2.56. The van der Waals surface area contributed by atoms with Crippen LogP contribution in [-0.2, 0) is 0 Å². The van der Waals surface area contributed by atoms with E-state index in [1.54, 1.807) is 0 Å². The zero-order valence-corrected chi connectivity index (χ0v) is 17.2. The third-order valence-corrected chi connectivity index (χ3v) is 6.05. The van der Waals surface area contributed by atoms with Crippen LogP contribution in [0.5, 0.6) is 0 Å². The van der Waals surface area contributed by atoms with Crippen molar-refractivity contribution in [2.75, 3.05) is 0 Å². The summed E-state index contributed by atoms with van der Waals surface area (Å²) in [6, 6.07) is 0. The normalized spacial score (nSPS) is 17.0. The van der Waals surface area contributed by atoms with Crippen molar-refractivity contribution in [3.8, 4) is 0 Å². The summed E-state index contributed by atoms with van der Waals surface area (Å²) >= 11 is 0. The number of hydrogen-bond acceptors (Lipinski definition) is 0. The average molecular weight is 333 g/mol. The van der Waals surface area contributed by atoms with Crippen LogP contribution < -0.4 is 0 Å². The van der Waals surface area contributed by atoms with Crippen LogP contribution in [0.15, 0.2) is 0 Å². The molecule has 0 bridgehead atoms. The molecule has 1 fully saturated rings. The Morgan fingerprint density at radius 2 is 1.08 bits per heavy atom. The lowest BCUT2D eigenvalue weighted by molar-refractivity contribution is 0.489. The molecule has 1 heteroatoms. The van der Waals surface area contributed by atoms with Crippen LogP contribution in [0.3, 0.4) is 0 Å². The first kappa shape index (κ1) is 22.1. The van der Waals surface area contributed by atoms with E-state index in [0.29, 0.717) is 0 Å². The van der Waals surface area contributed by atoms with E-state index < -0.39 is 0 Å². The molecule has 0 heterocycles. The standard InChI is InChI=1S/C23H46B/c1-3-5-7-10-14-18-22(19-15-11-8-6-4-2)24-23-20-16-12-9-13-17-21-23/h22-23H,3-21H2,1-2H3. The molecule has 24 heavy (non-hydrogen) atoms. The van der Waals surface area contributed by atoms with Gasteiger partial charge in [-0.3, -0.25) is 0 Å².